The van der Waals surface area contributed by atoms with Crippen LogP contribution in [0.15, 0.2) is 35.2 Å². The largest absolute Gasteiger partial charge is 0.361 e. The van der Waals surface area contributed by atoms with Crippen molar-refractivity contribution in [1.29, 1.82) is 0 Å². The molecule has 0 amide bonds. The van der Waals surface area contributed by atoms with Crippen LogP contribution in [0.2, 0.25) is 0 Å². The standard InChI is InChI=1S/C15H19ClO2S/c1-10(2)12-15(16,13(17)14(3,4)18-12)19-11-8-6-5-7-9-11/h5-10,12H,1-4H3/t12-,15+/m1/s1. The SMILES string of the molecule is CC(C)[C@H]1OC(C)(C)C(=O)[C@@]1(Cl)Sc1ccccc1. The number of benzene rings is 1. The first-order valence-corrected chi connectivity index (χ1v) is 7.62. The van der Waals surface area contributed by atoms with Gasteiger partial charge in [0.25, 0.3) is 0 Å². The lowest BCUT2D eigenvalue weighted by Crippen LogP contribution is -2.40. The molecule has 0 unspecified atom stereocenters. The van der Waals surface area contributed by atoms with Gasteiger partial charge >= 0.3 is 0 Å². The average Bonchev–Trinajstić information content (AvgIpc) is 2.52. The molecule has 19 heavy (non-hydrogen) atoms. The molecule has 0 N–H and O–H groups in total. The molecular formula is C15H19ClO2S. The molecular weight excluding hydrogens is 280 g/mol. The zero-order valence-electron chi connectivity index (χ0n) is 11.6. The minimum absolute atomic E-state index is 0.0470. The van der Waals surface area contributed by atoms with Crippen molar-refractivity contribution in [1.82, 2.24) is 0 Å². The Bertz CT molecular complexity index is 472. The molecule has 1 heterocycles. The second kappa shape index (κ2) is 5.12. The Morgan fingerprint density at radius 3 is 2.37 bits per heavy atom. The predicted molar refractivity (Wildman–Crippen MR) is 79.7 cm³/mol. The van der Waals surface area contributed by atoms with Crippen LogP contribution in [0.25, 0.3) is 0 Å². The summed E-state index contributed by atoms with van der Waals surface area (Å²) in [6.07, 6.45) is -0.290. The van der Waals surface area contributed by atoms with Crippen molar-refractivity contribution >= 4 is 29.1 Å². The van der Waals surface area contributed by atoms with Crippen LogP contribution in [-0.2, 0) is 9.53 Å². The van der Waals surface area contributed by atoms with Gasteiger partial charge in [0.2, 0.25) is 0 Å². The van der Waals surface area contributed by atoms with Gasteiger partial charge in [0.05, 0.1) is 6.10 Å². The molecule has 1 saturated heterocycles. The van der Waals surface area contributed by atoms with Crippen molar-refractivity contribution in [3.63, 3.8) is 0 Å². The Morgan fingerprint density at radius 1 is 1.26 bits per heavy atom. The highest BCUT2D eigenvalue weighted by Crippen LogP contribution is 2.51. The summed E-state index contributed by atoms with van der Waals surface area (Å²) in [5.74, 6) is 0.133. The minimum Gasteiger partial charge on any atom is -0.361 e. The van der Waals surface area contributed by atoms with Gasteiger partial charge in [0.15, 0.2) is 9.99 Å². The molecule has 0 bridgehead atoms. The second-order valence-corrected chi connectivity index (χ2v) is 7.82. The van der Waals surface area contributed by atoms with Gasteiger partial charge in [-0.15, -0.1) is 0 Å². The van der Waals surface area contributed by atoms with E-state index < -0.39 is 9.81 Å². The van der Waals surface area contributed by atoms with Crippen molar-refractivity contribution in [2.24, 2.45) is 5.92 Å². The van der Waals surface area contributed by atoms with E-state index in [4.69, 9.17) is 16.3 Å². The van der Waals surface area contributed by atoms with E-state index >= 15 is 0 Å². The lowest BCUT2D eigenvalue weighted by Gasteiger charge is -2.27. The summed E-state index contributed by atoms with van der Waals surface area (Å²) in [4.78, 5) is 13.6. The Morgan fingerprint density at radius 2 is 1.84 bits per heavy atom. The van der Waals surface area contributed by atoms with E-state index in [2.05, 4.69) is 0 Å². The average molecular weight is 299 g/mol. The maximum atomic E-state index is 12.6. The number of ether oxygens (including phenoxy) is 1. The van der Waals surface area contributed by atoms with Crippen molar-refractivity contribution in [3.8, 4) is 0 Å². The third-order valence-corrected chi connectivity index (χ3v) is 5.10. The molecule has 1 fully saturated rings. The third kappa shape index (κ3) is 2.69. The van der Waals surface area contributed by atoms with Crippen molar-refractivity contribution in [2.45, 2.75) is 48.5 Å². The van der Waals surface area contributed by atoms with E-state index in [1.807, 2.05) is 44.2 Å². The number of carbonyl (C=O) groups is 1. The van der Waals surface area contributed by atoms with Gasteiger partial charge in [-0.1, -0.05) is 55.4 Å². The van der Waals surface area contributed by atoms with Gasteiger partial charge in [-0.05, 0) is 31.9 Å². The molecule has 1 aromatic rings. The van der Waals surface area contributed by atoms with Gasteiger partial charge < -0.3 is 4.74 Å². The van der Waals surface area contributed by atoms with E-state index in [0.717, 1.165) is 4.90 Å². The molecule has 1 aliphatic rings. The number of carbonyl (C=O) groups excluding carboxylic acids is 1. The molecule has 1 aromatic carbocycles. The fraction of sp³-hybridized carbons (Fsp3) is 0.533. The molecule has 104 valence electrons. The van der Waals surface area contributed by atoms with Crippen LogP contribution in [0.4, 0.5) is 0 Å². The first-order valence-electron chi connectivity index (χ1n) is 6.43. The number of hydrogen-bond acceptors (Lipinski definition) is 3. The van der Waals surface area contributed by atoms with Crippen LogP contribution in [0, 0.1) is 5.92 Å². The third-order valence-electron chi connectivity index (χ3n) is 3.26. The molecule has 2 atom stereocenters. The summed E-state index contributed by atoms with van der Waals surface area (Å²) >= 11 is 8.08. The van der Waals surface area contributed by atoms with Crippen LogP contribution in [0.5, 0.6) is 0 Å². The predicted octanol–water partition coefficient (Wildman–Crippen LogP) is 4.12. The Kier molecular flexibility index (Phi) is 4.01. The number of hydrogen-bond donors (Lipinski definition) is 0. The van der Waals surface area contributed by atoms with Gasteiger partial charge in [-0.25, -0.2) is 0 Å². The maximum absolute atomic E-state index is 12.6. The molecule has 0 saturated carbocycles. The van der Waals surface area contributed by atoms with E-state index in [9.17, 15) is 4.79 Å². The van der Waals surface area contributed by atoms with E-state index in [1.165, 1.54) is 11.8 Å². The van der Waals surface area contributed by atoms with Gasteiger partial charge in [-0.2, -0.15) is 0 Å². The molecule has 0 aromatic heterocycles. The summed E-state index contributed by atoms with van der Waals surface area (Å²) in [6, 6.07) is 9.76. The number of halogens is 1. The molecule has 1 aliphatic heterocycles. The summed E-state index contributed by atoms with van der Waals surface area (Å²) < 4.78 is 4.87. The number of alkyl halides is 1. The number of ketones is 1. The molecule has 2 rings (SSSR count). The van der Waals surface area contributed by atoms with E-state index in [1.54, 1.807) is 13.8 Å². The second-order valence-electron chi connectivity index (χ2n) is 5.68. The lowest BCUT2D eigenvalue weighted by atomic mass is 9.98. The van der Waals surface area contributed by atoms with Gasteiger partial charge in [-0.3, -0.25) is 4.79 Å². The summed E-state index contributed by atoms with van der Waals surface area (Å²) in [6.45, 7) is 7.64. The highest BCUT2D eigenvalue weighted by molar-refractivity contribution is 8.02. The highest BCUT2D eigenvalue weighted by atomic mass is 35.5. The fourth-order valence-corrected chi connectivity index (χ4v) is 4.52. The van der Waals surface area contributed by atoms with Gasteiger partial charge in [0, 0.05) is 4.90 Å². The van der Waals surface area contributed by atoms with E-state index in [-0.39, 0.29) is 17.8 Å². The summed E-state index contributed by atoms with van der Waals surface area (Å²) in [7, 11) is 0. The van der Waals surface area contributed by atoms with Crippen LogP contribution in [0.3, 0.4) is 0 Å². The first-order chi connectivity index (χ1) is 8.77. The van der Waals surface area contributed by atoms with Crippen LogP contribution >= 0.6 is 23.4 Å². The first kappa shape index (κ1) is 14.9. The maximum Gasteiger partial charge on any atom is 0.198 e. The highest BCUT2D eigenvalue weighted by Gasteiger charge is 2.60. The number of thioether (sulfide) groups is 1. The smallest absolute Gasteiger partial charge is 0.198 e. The Labute approximate surface area is 123 Å². The monoisotopic (exact) mass is 298 g/mol. The summed E-state index contributed by atoms with van der Waals surface area (Å²) in [5, 5.41) is 0. The zero-order chi connectivity index (χ0) is 14.3. The quantitative estimate of drug-likeness (QED) is 0.785. The van der Waals surface area contributed by atoms with E-state index in [0.29, 0.717) is 0 Å². The van der Waals surface area contributed by atoms with Crippen molar-refractivity contribution in [2.75, 3.05) is 0 Å². The van der Waals surface area contributed by atoms with Crippen molar-refractivity contribution in [3.05, 3.63) is 30.3 Å². The summed E-state index contributed by atoms with van der Waals surface area (Å²) in [5.41, 5.74) is -0.821. The number of Topliss-reactive ketones (excluding diaryl/α,β-unsaturated/α-hetero) is 1. The Hall–Kier alpha value is -0.510. The fourth-order valence-electron chi connectivity index (χ4n) is 2.32. The lowest BCUT2D eigenvalue weighted by molar-refractivity contribution is -0.130. The normalized spacial score (nSPS) is 30.0. The number of rotatable bonds is 3. The van der Waals surface area contributed by atoms with Crippen LogP contribution < -0.4 is 0 Å². The molecule has 4 heteroatoms. The molecule has 0 aliphatic carbocycles. The minimum atomic E-state index is -1.04. The Balaban J connectivity index is 2.35. The van der Waals surface area contributed by atoms with Crippen LogP contribution in [-0.4, -0.2) is 21.7 Å². The molecule has 0 radical (unpaired) electrons. The van der Waals surface area contributed by atoms with Crippen LogP contribution in [0.1, 0.15) is 27.7 Å². The molecule has 2 nitrogen and oxygen atoms in total. The molecule has 0 spiro atoms. The zero-order valence-corrected chi connectivity index (χ0v) is 13.2. The van der Waals surface area contributed by atoms with Gasteiger partial charge in [0.1, 0.15) is 5.60 Å². The van der Waals surface area contributed by atoms with Crippen molar-refractivity contribution < 1.29 is 9.53 Å². The topological polar surface area (TPSA) is 26.3 Å².